The number of halogens is 1. The Labute approximate surface area is 111 Å². The standard InChI is InChI=1S/C13H15FN4O/c1-15-12-11(19-3)13(17-8-16-12)18(2)10-7-5-4-6-9(10)14/h4-8H,1-3H3,(H,15,16,17). The number of methoxy groups -OCH3 is 1. The summed E-state index contributed by atoms with van der Waals surface area (Å²) in [5.41, 5.74) is 0.418. The summed E-state index contributed by atoms with van der Waals surface area (Å²) < 4.78 is 19.1. The molecule has 1 N–H and O–H groups in total. The molecule has 1 aromatic carbocycles. The smallest absolute Gasteiger partial charge is 0.204 e. The number of hydrogen-bond acceptors (Lipinski definition) is 5. The van der Waals surface area contributed by atoms with Gasteiger partial charge in [-0.3, -0.25) is 0 Å². The van der Waals surface area contributed by atoms with Gasteiger partial charge >= 0.3 is 0 Å². The van der Waals surface area contributed by atoms with E-state index in [1.165, 1.54) is 19.5 Å². The molecule has 6 heteroatoms. The minimum atomic E-state index is -0.323. The first-order chi connectivity index (χ1) is 9.19. The Morgan fingerprint density at radius 2 is 2.00 bits per heavy atom. The summed E-state index contributed by atoms with van der Waals surface area (Å²) in [6.45, 7) is 0. The van der Waals surface area contributed by atoms with Crippen LogP contribution in [0.1, 0.15) is 0 Å². The maximum absolute atomic E-state index is 13.8. The van der Waals surface area contributed by atoms with Gasteiger partial charge in [-0.05, 0) is 12.1 Å². The van der Waals surface area contributed by atoms with Crippen LogP contribution in [0.25, 0.3) is 0 Å². The van der Waals surface area contributed by atoms with Crippen LogP contribution in [0.2, 0.25) is 0 Å². The van der Waals surface area contributed by atoms with Crippen molar-refractivity contribution in [3.63, 3.8) is 0 Å². The van der Waals surface area contributed by atoms with Crippen molar-refractivity contribution in [3.05, 3.63) is 36.4 Å². The summed E-state index contributed by atoms with van der Waals surface area (Å²) in [5, 5.41) is 2.91. The Balaban J connectivity index is 2.50. The number of nitrogens with zero attached hydrogens (tertiary/aromatic N) is 3. The molecule has 0 aliphatic heterocycles. The molecular weight excluding hydrogens is 247 g/mol. The highest BCUT2D eigenvalue weighted by molar-refractivity contribution is 5.71. The van der Waals surface area contributed by atoms with E-state index in [0.29, 0.717) is 23.1 Å². The van der Waals surface area contributed by atoms with Crippen molar-refractivity contribution in [2.24, 2.45) is 0 Å². The maximum atomic E-state index is 13.8. The molecule has 0 radical (unpaired) electrons. The van der Waals surface area contributed by atoms with E-state index >= 15 is 0 Å². The number of ether oxygens (including phenoxy) is 1. The number of para-hydroxylation sites is 1. The summed E-state index contributed by atoms with van der Waals surface area (Å²) >= 11 is 0. The van der Waals surface area contributed by atoms with Crippen molar-refractivity contribution in [3.8, 4) is 5.75 Å². The zero-order chi connectivity index (χ0) is 13.8. The van der Waals surface area contributed by atoms with Gasteiger partial charge in [0, 0.05) is 14.1 Å². The Kier molecular flexibility index (Phi) is 3.79. The summed E-state index contributed by atoms with van der Waals surface area (Å²) in [6, 6.07) is 6.49. The van der Waals surface area contributed by atoms with E-state index in [-0.39, 0.29) is 5.82 Å². The predicted molar refractivity (Wildman–Crippen MR) is 72.6 cm³/mol. The lowest BCUT2D eigenvalue weighted by atomic mass is 10.2. The van der Waals surface area contributed by atoms with Crippen LogP contribution in [0.5, 0.6) is 5.75 Å². The topological polar surface area (TPSA) is 50.3 Å². The number of nitrogens with one attached hydrogen (secondary N) is 1. The monoisotopic (exact) mass is 262 g/mol. The molecule has 0 atom stereocenters. The van der Waals surface area contributed by atoms with Crippen LogP contribution in [0.4, 0.5) is 21.7 Å². The van der Waals surface area contributed by atoms with Gasteiger partial charge in [0.05, 0.1) is 12.8 Å². The first-order valence-corrected chi connectivity index (χ1v) is 5.74. The van der Waals surface area contributed by atoms with Gasteiger partial charge in [-0.15, -0.1) is 0 Å². The van der Waals surface area contributed by atoms with Gasteiger partial charge in [0.15, 0.2) is 11.6 Å². The molecule has 0 bridgehead atoms. The second-order valence-electron chi connectivity index (χ2n) is 3.84. The average Bonchev–Trinajstić information content (AvgIpc) is 2.46. The first kappa shape index (κ1) is 13.1. The molecule has 1 aromatic heterocycles. The summed E-state index contributed by atoms with van der Waals surface area (Å²) in [7, 11) is 4.98. The third kappa shape index (κ3) is 2.42. The van der Waals surface area contributed by atoms with Crippen LogP contribution in [-0.4, -0.2) is 31.2 Å². The molecule has 1 heterocycles. The number of hydrogen-bond donors (Lipinski definition) is 1. The molecule has 0 unspecified atom stereocenters. The van der Waals surface area contributed by atoms with Crippen molar-refractivity contribution < 1.29 is 9.13 Å². The van der Waals surface area contributed by atoms with E-state index in [1.807, 2.05) is 0 Å². The average molecular weight is 262 g/mol. The van der Waals surface area contributed by atoms with Crippen LogP contribution < -0.4 is 15.0 Å². The van der Waals surface area contributed by atoms with Crippen molar-refractivity contribution in [2.45, 2.75) is 0 Å². The van der Waals surface area contributed by atoms with Gasteiger partial charge in [0.25, 0.3) is 0 Å². The molecule has 2 rings (SSSR count). The largest absolute Gasteiger partial charge is 0.490 e. The SMILES string of the molecule is CNc1ncnc(N(C)c2ccccc2F)c1OC. The van der Waals surface area contributed by atoms with Gasteiger partial charge in [-0.1, -0.05) is 12.1 Å². The molecule has 0 saturated carbocycles. The number of rotatable bonds is 4. The second-order valence-corrected chi connectivity index (χ2v) is 3.84. The van der Waals surface area contributed by atoms with Crippen LogP contribution in [0, 0.1) is 5.82 Å². The second kappa shape index (κ2) is 5.51. The Morgan fingerprint density at radius 3 is 2.63 bits per heavy atom. The molecule has 0 fully saturated rings. The lowest BCUT2D eigenvalue weighted by Gasteiger charge is -2.21. The van der Waals surface area contributed by atoms with Gasteiger partial charge < -0.3 is 15.0 Å². The van der Waals surface area contributed by atoms with E-state index < -0.39 is 0 Å². The fourth-order valence-electron chi connectivity index (χ4n) is 1.81. The Morgan fingerprint density at radius 1 is 1.26 bits per heavy atom. The van der Waals surface area contributed by atoms with Crippen LogP contribution in [0.15, 0.2) is 30.6 Å². The number of anilines is 3. The van der Waals surface area contributed by atoms with Crippen LogP contribution >= 0.6 is 0 Å². The van der Waals surface area contributed by atoms with Crippen molar-refractivity contribution in [2.75, 3.05) is 31.4 Å². The zero-order valence-corrected chi connectivity index (χ0v) is 11.0. The summed E-state index contributed by atoms with van der Waals surface area (Å²) in [6.07, 6.45) is 1.40. The molecule has 0 aliphatic rings. The number of benzene rings is 1. The minimum Gasteiger partial charge on any atom is -0.490 e. The van der Waals surface area contributed by atoms with E-state index in [1.54, 1.807) is 37.2 Å². The highest BCUT2D eigenvalue weighted by Crippen LogP contribution is 2.35. The Bertz CT molecular complexity index is 576. The quantitative estimate of drug-likeness (QED) is 0.917. The van der Waals surface area contributed by atoms with Gasteiger partial charge in [0.1, 0.15) is 12.1 Å². The highest BCUT2D eigenvalue weighted by Gasteiger charge is 2.18. The third-order valence-corrected chi connectivity index (χ3v) is 2.76. The normalized spacial score (nSPS) is 10.1. The van der Waals surface area contributed by atoms with E-state index in [9.17, 15) is 4.39 Å². The third-order valence-electron chi connectivity index (χ3n) is 2.76. The van der Waals surface area contributed by atoms with E-state index in [0.717, 1.165) is 0 Å². The lowest BCUT2D eigenvalue weighted by molar-refractivity contribution is 0.414. The van der Waals surface area contributed by atoms with Gasteiger partial charge in [0.2, 0.25) is 5.75 Å². The van der Waals surface area contributed by atoms with E-state index in [2.05, 4.69) is 15.3 Å². The molecular formula is C13H15FN4O. The minimum absolute atomic E-state index is 0.323. The van der Waals surface area contributed by atoms with Gasteiger partial charge in [-0.25, -0.2) is 14.4 Å². The summed E-state index contributed by atoms with van der Waals surface area (Å²) in [4.78, 5) is 9.84. The fourth-order valence-corrected chi connectivity index (χ4v) is 1.81. The summed E-state index contributed by atoms with van der Waals surface area (Å²) in [5.74, 6) is 1.19. The number of aromatic nitrogens is 2. The predicted octanol–water partition coefficient (Wildman–Crippen LogP) is 2.43. The first-order valence-electron chi connectivity index (χ1n) is 5.74. The molecule has 100 valence electrons. The van der Waals surface area contributed by atoms with Crippen LogP contribution in [0.3, 0.4) is 0 Å². The zero-order valence-electron chi connectivity index (χ0n) is 11.0. The Hall–Kier alpha value is -2.37. The van der Waals surface area contributed by atoms with Crippen molar-refractivity contribution in [1.82, 2.24) is 9.97 Å². The van der Waals surface area contributed by atoms with Gasteiger partial charge in [-0.2, -0.15) is 0 Å². The highest BCUT2D eigenvalue weighted by atomic mass is 19.1. The van der Waals surface area contributed by atoms with Crippen molar-refractivity contribution in [1.29, 1.82) is 0 Å². The fraction of sp³-hybridized carbons (Fsp3) is 0.231. The van der Waals surface area contributed by atoms with Crippen LogP contribution in [-0.2, 0) is 0 Å². The molecule has 0 aliphatic carbocycles. The lowest BCUT2D eigenvalue weighted by Crippen LogP contribution is -2.15. The maximum Gasteiger partial charge on any atom is 0.204 e. The molecule has 0 saturated heterocycles. The molecule has 5 nitrogen and oxygen atoms in total. The van der Waals surface area contributed by atoms with Crippen molar-refractivity contribution >= 4 is 17.3 Å². The molecule has 19 heavy (non-hydrogen) atoms. The van der Waals surface area contributed by atoms with E-state index in [4.69, 9.17) is 4.74 Å². The molecule has 0 amide bonds. The molecule has 0 spiro atoms. The molecule has 2 aromatic rings.